The first-order chi connectivity index (χ1) is 7.13. The highest BCUT2D eigenvalue weighted by molar-refractivity contribution is 5.70. The summed E-state index contributed by atoms with van der Waals surface area (Å²) in [5.74, 6) is 0. The van der Waals surface area contributed by atoms with E-state index in [0.717, 1.165) is 23.3 Å². The molecule has 2 rings (SSSR count). The smallest absolute Gasteiger partial charge is 0.304 e. The summed E-state index contributed by atoms with van der Waals surface area (Å²) < 4.78 is 1.69. The molecular weight excluding hydrogens is 190 g/mol. The number of aromatic nitrogens is 3. The molecule has 0 fully saturated rings. The second-order valence-corrected chi connectivity index (χ2v) is 3.92. The van der Waals surface area contributed by atoms with Crippen LogP contribution in [0.25, 0.3) is 11.2 Å². The fourth-order valence-electron chi connectivity index (χ4n) is 1.72. The summed E-state index contributed by atoms with van der Waals surface area (Å²) in [5.41, 5.74) is 2.50. The zero-order chi connectivity index (χ0) is 11.0. The van der Waals surface area contributed by atoms with Crippen molar-refractivity contribution in [2.24, 2.45) is 0 Å². The van der Waals surface area contributed by atoms with E-state index in [-0.39, 0.29) is 11.7 Å². The summed E-state index contributed by atoms with van der Waals surface area (Å²) in [4.78, 5) is 18.9. The van der Waals surface area contributed by atoms with Gasteiger partial charge in [-0.3, -0.25) is 4.57 Å². The third-order valence-corrected chi connectivity index (χ3v) is 2.50. The molecule has 80 valence electrons. The first-order valence-corrected chi connectivity index (χ1v) is 5.23. The molecule has 4 heteroatoms. The van der Waals surface area contributed by atoms with Crippen LogP contribution in [0.15, 0.2) is 16.9 Å². The molecular formula is C11H15N3O. The lowest BCUT2D eigenvalue weighted by atomic mass is 10.3. The Morgan fingerprint density at radius 2 is 2.20 bits per heavy atom. The minimum Gasteiger partial charge on any atom is -0.304 e. The standard InChI is InChI=1S/C11H15N3O/c1-4-8-5-6-9-10(12-8)14(7(2)3)11(15)13-9/h5-7H,4H2,1-3H3,(H,13,15). The molecule has 0 saturated heterocycles. The van der Waals surface area contributed by atoms with Crippen molar-refractivity contribution in [1.29, 1.82) is 0 Å². The molecule has 0 unspecified atom stereocenters. The van der Waals surface area contributed by atoms with E-state index >= 15 is 0 Å². The summed E-state index contributed by atoms with van der Waals surface area (Å²) in [5, 5.41) is 0. The van der Waals surface area contributed by atoms with Crippen LogP contribution in [0.4, 0.5) is 0 Å². The van der Waals surface area contributed by atoms with Crippen LogP contribution in [-0.4, -0.2) is 14.5 Å². The first kappa shape index (κ1) is 9.96. The Balaban J connectivity index is 2.78. The Morgan fingerprint density at radius 3 is 2.80 bits per heavy atom. The lowest BCUT2D eigenvalue weighted by Gasteiger charge is -2.06. The Morgan fingerprint density at radius 1 is 1.47 bits per heavy atom. The maximum absolute atomic E-state index is 11.6. The molecule has 2 heterocycles. The normalized spacial score (nSPS) is 11.5. The largest absolute Gasteiger partial charge is 0.327 e. The van der Waals surface area contributed by atoms with Gasteiger partial charge in [-0.05, 0) is 32.4 Å². The van der Waals surface area contributed by atoms with Gasteiger partial charge in [-0.15, -0.1) is 0 Å². The van der Waals surface area contributed by atoms with Gasteiger partial charge in [0.25, 0.3) is 0 Å². The molecule has 15 heavy (non-hydrogen) atoms. The van der Waals surface area contributed by atoms with Crippen LogP contribution in [0.5, 0.6) is 0 Å². The molecule has 0 bridgehead atoms. The van der Waals surface area contributed by atoms with Crippen molar-refractivity contribution in [2.45, 2.75) is 33.2 Å². The number of H-pyrrole nitrogens is 1. The second-order valence-electron chi connectivity index (χ2n) is 3.92. The van der Waals surface area contributed by atoms with Gasteiger partial charge >= 0.3 is 5.69 Å². The van der Waals surface area contributed by atoms with Gasteiger partial charge < -0.3 is 4.98 Å². The molecule has 0 aromatic carbocycles. The van der Waals surface area contributed by atoms with Crippen LogP contribution >= 0.6 is 0 Å². The quantitative estimate of drug-likeness (QED) is 0.813. The summed E-state index contributed by atoms with van der Waals surface area (Å²) in [7, 11) is 0. The van der Waals surface area contributed by atoms with Gasteiger partial charge in [-0.2, -0.15) is 0 Å². The van der Waals surface area contributed by atoms with Crippen LogP contribution < -0.4 is 5.69 Å². The Labute approximate surface area is 88.0 Å². The number of hydrogen-bond donors (Lipinski definition) is 1. The lowest BCUT2D eigenvalue weighted by molar-refractivity contribution is 0.593. The van der Waals surface area contributed by atoms with E-state index in [0.29, 0.717) is 0 Å². The van der Waals surface area contributed by atoms with Gasteiger partial charge in [0.15, 0.2) is 5.65 Å². The van der Waals surface area contributed by atoms with Crippen LogP contribution in [-0.2, 0) is 6.42 Å². The van der Waals surface area contributed by atoms with Gasteiger partial charge in [-0.25, -0.2) is 9.78 Å². The highest BCUT2D eigenvalue weighted by Gasteiger charge is 2.10. The van der Waals surface area contributed by atoms with Crippen LogP contribution in [0.2, 0.25) is 0 Å². The third-order valence-electron chi connectivity index (χ3n) is 2.50. The predicted molar refractivity (Wildman–Crippen MR) is 60.1 cm³/mol. The van der Waals surface area contributed by atoms with Crippen molar-refractivity contribution in [3.8, 4) is 0 Å². The van der Waals surface area contributed by atoms with Crippen LogP contribution in [0.3, 0.4) is 0 Å². The van der Waals surface area contributed by atoms with E-state index in [2.05, 4.69) is 16.9 Å². The monoisotopic (exact) mass is 205 g/mol. The average molecular weight is 205 g/mol. The molecule has 0 amide bonds. The molecule has 0 saturated carbocycles. The fourth-order valence-corrected chi connectivity index (χ4v) is 1.72. The third kappa shape index (κ3) is 1.56. The summed E-state index contributed by atoms with van der Waals surface area (Å²) in [6, 6.07) is 4.00. The average Bonchev–Trinajstić information content (AvgIpc) is 2.52. The highest BCUT2D eigenvalue weighted by atomic mass is 16.1. The molecule has 0 atom stereocenters. The summed E-state index contributed by atoms with van der Waals surface area (Å²) in [6.45, 7) is 6.02. The van der Waals surface area contributed by atoms with Crippen molar-refractivity contribution >= 4 is 11.2 Å². The lowest BCUT2D eigenvalue weighted by Crippen LogP contribution is -2.18. The highest BCUT2D eigenvalue weighted by Crippen LogP contribution is 2.13. The van der Waals surface area contributed by atoms with E-state index in [1.54, 1.807) is 4.57 Å². The number of fused-ring (bicyclic) bond motifs is 1. The summed E-state index contributed by atoms with van der Waals surface area (Å²) >= 11 is 0. The van der Waals surface area contributed by atoms with E-state index in [1.807, 2.05) is 26.0 Å². The number of imidazole rings is 1. The second kappa shape index (κ2) is 3.53. The van der Waals surface area contributed by atoms with Crippen molar-refractivity contribution < 1.29 is 0 Å². The maximum atomic E-state index is 11.6. The predicted octanol–water partition coefficient (Wildman–Crippen LogP) is 1.87. The SMILES string of the molecule is CCc1ccc2[nH]c(=O)n(C(C)C)c2n1. The molecule has 2 aromatic rings. The molecule has 4 nitrogen and oxygen atoms in total. The van der Waals surface area contributed by atoms with Crippen molar-refractivity contribution in [1.82, 2.24) is 14.5 Å². The zero-order valence-electron chi connectivity index (χ0n) is 9.24. The molecule has 1 N–H and O–H groups in total. The Kier molecular flexibility index (Phi) is 2.34. The molecule has 0 aliphatic carbocycles. The van der Waals surface area contributed by atoms with Crippen LogP contribution in [0, 0.1) is 0 Å². The fraction of sp³-hybridized carbons (Fsp3) is 0.455. The minimum absolute atomic E-state index is 0.0826. The van der Waals surface area contributed by atoms with Gasteiger partial charge in [-0.1, -0.05) is 6.92 Å². The van der Waals surface area contributed by atoms with Gasteiger partial charge in [0, 0.05) is 11.7 Å². The first-order valence-electron chi connectivity index (χ1n) is 5.23. The molecule has 0 aliphatic heterocycles. The zero-order valence-corrected chi connectivity index (χ0v) is 9.24. The maximum Gasteiger partial charge on any atom is 0.327 e. The summed E-state index contributed by atoms with van der Waals surface area (Å²) in [6.07, 6.45) is 0.882. The van der Waals surface area contributed by atoms with E-state index in [9.17, 15) is 4.79 Å². The number of aryl methyl sites for hydroxylation is 1. The number of nitrogens with one attached hydrogen (secondary N) is 1. The van der Waals surface area contributed by atoms with E-state index in [4.69, 9.17) is 0 Å². The van der Waals surface area contributed by atoms with Crippen molar-refractivity contribution in [2.75, 3.05) is 0 Å². The number of hydrogen-bond acceptors (Lipinski definition) is 2. The molecule has 0 radical (unpaired) electrons. The van der Waals surface area contributed by atoms with Gasteiger partial charge in [0.05, 0.1) is 5.52 Å². The van der Waals surface area contributed by atoms with Crippen molar-refractivity contribution in [3.63, 3.8) is 0 Å². The molecule has 0 spiro atoms. The topological polar surface area (TPSA) is 50.7 Å². The number of pyridine rings is 1. The number of nitrogens with zero attached hydrogens (tertiary/aromatic N) is 2. The minimum atomic E-state index is -0.0826. The number of rotatable bonds is 2. The Hall–Kier alpha value is -1.58. The van der Waals surface area contributed by atoms with E-state index < -0.39 is 0 Å². The van der Waals surface area contributed by atoms with E-state index in [1.165, 1.54) is 0 Å². The molecule has 2 aromatic heterocycles. The van der Waals surface area contributed by atoms with Crippen molar-refractivity contribution in [3.05, 3.63) is 28.3 Å². The number of aromatic amines is 1. The molecule has 0 aliphatic rings. The Bertz CT molecular complexity index is 536. The van der Waals surface area contributed by atoms with Gasteiger partial charge in [0.1, 0.15) is 0 Å². The van der Waals surface area contributed by atoms with Crippen LogP contribution in [0.1, 0.15) is 32.5 Å². The van der Waals surface area contributed by atoms with Gasteiger partial charge in [0.2, 0.25) is 0 Å².